The van der Waals surface area contributed by atoms with Crippen molar-refractivity contribution in [3.8, 4) is 0 Å². The van der Waals surface area contributed by atoms with Gasteiger partial charge in [-0.15, -0.1) is 0 Å². The molecule has 5 aliphatic carbocycles. The molecular formula is C40H58N4O8P2. The van der Waals surface area contributed by atoms with Crippen molar-refractivity contribution in [3.05, 3.63) is 35.7 Å². The third-order valence-corrected chi connectivity index (χ3v) is 14.4. The lowest BCUT2D eigenvalue weighted by atomic mass is 9.70. The van der Waals surface area contributed by atoms with Gasteiger partial charge >= 0.3 is 15.2 Å². The highest BCUT2D eigenvalue weighted by atomic mass is 31.2. The van der Waals surface area contributed by atoms with E-state index in [0.29, 0.717) is 46.3 Å². The number of nitrogens with zero attached hydrogens (tertiary/aromatic N) is 2. The molecule has 4 saturated carbocycles. The number of carbonyl (C=O) groups is 2. The SMILES string of the molecule is CP(=O)(O)O[C@H]1CC[C@@H]([C@H]2CC[C@@H](C(=O)NC3=CCCc4nc5cccc(NC(=O)[C@H]6CC[C@@H]([C@H]7CC[C@@H](OP(C)(=O)O)CC7)CC6)c5nc43)CC2)CC1. The lowest BCUT2D eigenvalue weighted by Crippen LogP contribution is -2.35. The van der Waals surface area contributed by atoms with E-state index >= 15 is 0 Å². The Labute approximate surface area is 319 Å². The number of hydrogen-bond donors (Lipinski definition) is 4. The average Bonchev–Trinajstić information content (AvgIpc) is 3.14. The second-order valence-corrected chi connectivity index (χ2v) is 20.6. The number of hydrogen-bond acceptors (Lipinski definition) is 8. The molecule has 14 heteroatoms. The largest absolute Gasteiger partial charge is 0.325 e. The topological polar surface area (TPSA) is 177 Å². The molecule has 2 amide bonds. The first kappa shape index (κ1) is 39.8. The van der Waals surface area contributed by atoms with Crippen LogP contribution in [0.3, 0.4) is 0 Å². The minimum atomic E-state index is -3.47. The van der Waals surface area contributed by atoms with Crippen LogP contribution in [-0.4, -0.2) is 57.1 Å². The van der Waals surface area contributed by atoms with Gasteiger partial charge < -0.3 is 29.5 Å². The Morgan fingerprint density at radius 3 is 1.61 bits per heavy atom. The fourth-order valence-electron chi connectivity index (χ4n) is 10.2. The molecule has 0 aliphatic heterocycles. The monoisotopic (exact) mass is 784 g/mol. The number of allylic oxidation sites excluding steroid dienone is 1. The first-order chi connectivity index (χ1) is 25.8. The highest BCUT2D eigenvalue weighted by Gasteiger charge is 2.36. The molecule has 54 heavy (non-hydrogen) atoms. The zero-order valence-electron chi connectivity index (χ0n) is 31.8. The predicted molar refractivity (Wildman–Crippen MR) is 209 cm³/mol. The lowest BCUT2D eigenvalue weighted by molar-refractivity contribution is -0.125. The van der Waals surface area contributed by atoms with Crippen LogP contribution in [0.5, 0.6) is 0 Å². The fourth-order valence-corrected chi connectivity index (χ4v) is 11.8. The Hall–Kier alpha value is -2.46. The van der Waals surface area contributed by atoms with Crippen LogP contribution in [0.2, 0.25) is 0 Å². The second kappa shape index (κ2) is 17.0. The van der Waals surface area contributed by atoms with Gasteiger partial charge in [-0.1, -0.05) is 12.1 Å². The summed E-state index contributed by atoms with van der Waals surface area (Å²) in [6.07, 6.45) is 17.9. The second-order valence-electron chi connectivity index (χ2n) is 16.9. The zero-order chi connectivity index (χ0) is 38.0. The molecule has 0 spiro atoms. The molecule has 7 rings (SSSR count). The molecule has 0 saturated heterocycles. The van der Waals surface area contributed by atoms with Crippen LogP contribution in [0.1, 0.15) is 121 Å². The van der Waals surface area contributed by atoms with Gasteiger partial charge in [0.2, 0.25) is 11.8 Å². The summed E-state index contributed by atoms with van der Waals surface area (Å²) in [6.45, 7) is 2.51. The predicted octanol–water partition coefficient (Wildman–Crippen LogP) is 8.37. The smallest absolute Gasteiger partial charge is 0.324 e. The van der Waals surface area contributed by atoms with Crippen LogP contribution in [0.4, 0.5) is 5.69 Å². The van der Waals surface area contributed by atoms with Crippen LogP contribution >= 0.6 is 15.2 Å². The van der Waals surface area contributed by atoms with E-state index in [0.717, 1.165) is 127 Å². The van der Waals surface area contributed by atoms with Crippen molar-refractivity contribution in [2.45, 2.75) is 128 Å². The van der Waals surface area contributed by atoms with Crippen molar-refractivity contribution >= 4 is 49.4 Å². The van der Waals surface area contributed by atoms with Gasteiger partial charge in [0, 0.05) is 25.2 Å². The van der Waals surface area contributed by atoms with Crippen LogP contribution in [-0.2, 0) is 34.2 Å². The van der Waals surface area contributed by atoms with Crippen LogP contribution in [0.15, 0.2) is 24.3 Å². The van der Waals surface area contributed by atoms with Crippen LogP contribution in [0, 0.1) is 35.5 Å². The Bertz CT molecular complexity index is 1790. The summed E-state index contributed by atoms with van der Waals surface area (Å²) in [5.74, 6) is 2.21. The molecule has 5 aliphatic rings. The summed E-state index contributed by atoms with van der Waals surface area (Å²) in [6, 6.07) is 5.71. The standard InChI is InChI=1S/C40H58N4O8P2/c1-53(47,48)51-31-21-17-27(18-22-31)25-9-13-29(14-10-25)39(45)42-35-7-3-5-33-37(35)44-38-34(41-33)6-4-8-36(38)43-40(46)30-15-11-26(12-16-30)28-19-23-32(24-20-28)52-54(2,49)50/h3,5,7-8,25-32H,4,6,9-24H2,1-2H3,(H,42,45)(H,43,46)(H,47,48)(H,49,50)/t25-,26-,27-,28-,29+,30+,31+,32+. The number of aromatic nitrogens is 2. The maximum atomic E-state index is 13.6. The number of fused-ring (bicyclic) bond motifs is 2. The average molecular weight is 785 g/mol. The summed E-state index contributed by atoms with van der Waals surface area (Å²) in [5, 5.41) is 6.41. The van der Waals surface area contributed by atoms with Crippen molar-refractivity contribution < 1.29 is 37.6 Å². The van der Waals surface area contributed by atoms with E-state index in [2.05, 4.69) is 10.6 Å². The van der Waals surface area contributed by atoms with Gasteiger partial charge in [-0.2, -0.15) is 0 Å². The van der Waals surface area contributed by atoms with Gasteiger partial charge in [-0.25, -0.2) is 9.97 Å². The number of amides is 2. The highest BCUT2D eigenvalue weighted by Crippen LogP contribution is 2.47. The summed E-state index contributed by atoms with van der Waals surface area (Å²) in [7, 11) is -6.93. The van der Waals surface area contributed by atoms with Gasteiger partial charge in [-0.3, -0.25) is 18.7 Å². The maximum absolute atomic E-state index is 13.6. The first-order valence-electron chi connectivity index (χ1n) is 20.4. The molecule has 2 aromatic rings. The minimum absolute atomic E-state index is 0.0113. The number of benzene rings is 1. The summed E-state index contributed by atoms with van der Waals surface area (Å²) in [5.41, 5.74) is 4.22. The molecule has 296 valence electrons. The van der Waals surface area contributed by atoms with Crippen LogP contribution in [0.25, 0.3) is 16.7 Å². The molecule has 1 aromatic heterocycles. The normalized spacial score (nSPS) is 32.7. The Morgan fingerprint density at radius 2 is 1.13 bits per heavy atom. The van der Waals surface area contributed by atoms with Gasteiger partial charge in [0.1, 0.15) is 11.2 Å². The van der Waals surface area contributed by atoms with Crippen molar-refractivity contribution in [1.82, 2.24) is 15.3 Å². The van der Waals surface area contributed by atoms with Crippen molar-refractivity contribution in [1.29, 1.82) is 0 Å². The molecule has 4 N–H and O–H groups in total. The van der Waals surface area contributed by atoms with Gasteiger partial charge in [0.05, 0.1) is 34.8 Å². The fraction of sp³-hybridized carbons (Fsp3) is 0.700. The van der Waals surface area contributed by atoms with Crippen LogP contribution < -0.4 is 10.6 Å². The van der Waals surface area contributed by atoms with Gasteiger partial charge in [0.25, 0.3) is 0 Å². The van der Waals surface area contributed by atoms with E-state index in [1.165, 1.54) is 13.3 Å². The Morgan fingerprint density at radius 1 is 0.667 bits per heavy atom. The summed E-state index contributed by atoms with van der Waals surface area (Å²) >= 11 is 0. The molecule has 1 aromatic carbocycles. The number of rotatable bonds is 10. The highest BCUT2D eigenvalue weighted by molar-refractivity contribution is 7.52. The van der Waals surface area contributed by atoms with E-state index in [1.54, 1.807) is 0 Å². The molecule has 1 heterocycles. The summed E-state index contributed by atoms with van der Waals surface area (Å²) < 4.78 is 34.1. The van der Waals surface area contributed by atoms with Crippen molar-refractivity contribution in [2.24, 2.45) is 35.5 Å². The first-order valence-corrected chi connectivity index (χ1v) is 24.4. The molecule has 4 fully saturated rings. The number of carbonyl (C=O) groups excluding carboxylic acids is 2. The van der Waals surface area contributed by atoms with E-state index in [9.17, 15) is 28.5 Å². The number of anilines is 1. The van der Waals surface area contributed by atoms with Gasteiger partial charge in [-0.05, 0) is 151 Å². The van der Waals surface area contributed by atoms with Gasteiger partial charge in [0.15, 0.2) is 0 Å². The van der Waals surface area contributed by atoms with E-state index < -0.39 is 15.2 Å². The third-order valence-electron chi connectivity index (χ3n) is 13.0. The number of para-hydroxylation sites is 1. The third kappa shape index (κ3) is 10.1. The molecule has 0 radical (unpaired) electrons. The maximum Gasteiger partial charge on any atom is 0.325 e. The quantitative estimate of drug-likeness (QED) is 0.171. The van der Waals surface area contributed by atoms with E-state index in [1.807, 2.05) is 24.3 Å². The summed E-state index contributed by atoms with van der Waals surface area (Å²) in [4.78, 5) is 56.4. The molecular weight excluding hydrogens is 726 g/mol. The number of aryl methyl sites for hydroxylation is 1. The number of nitrogens with one attached hydrogen (secondary N) is 2. The molecule has 2 unspecified atom stereocenters. The Kier molecular flexibility index (Phi) is 12.5. The zero-order valence-corrected chi connectivity index (χ0v) is 33.6. The molecule has 2 atom stereocenters. The van der Waals surface area contributed by atoms with Crippen molar-refractivity contribution in [3.63, 3.8) is 0 Å². The molecule has 12 nitrogen and oxygen atoms in total. The minimum Gasteiger partial charge on any atom is -0.324 e. The van der Waals surface area contributed by atoms with Crippen molar-refractivity contribution in [2.75, 3.05) is 18.6 Å². The molecule has 0 bridgehead atoms. The van der Waals surface area contributed by atoms with E-state index in [4.69, 9.17) is 19.0 Å². The van der Waals surface area contributed by atoms with E-state index in [-0.39, 0.29) is 35.9 Å². The lowest BCUT2D eigenvalue weighted by Gasteiger charge is -2.37. The Balaban J connectivity index is 0.921.